The average Bonchev–Trinajstić information content (AvgIpc) is 3.38. The lowest BCUT2D eigenvalue weighted by Crippen LogP contribution is -2.47. The molecule has 0 spiro atoms. The first kappa shape index (κ1) is 22.8. The predicted molar refractivity (Wildman–Crippen MR) is 140 cm³/mol. The van der Waals surface area contributed by atoms with Crippen LogP contribution in [0, 0.1) is 0 Å². The fraction of sp³-hybridized carbons (Fsp3) is 0.179. The quantitative estimate of drug-likeness (QED) is 0.377. The summed E-state index contributed by atoms with van der Waals surface area (Å²) in [6.45, 7) is 3.67. The lowest BCUT2D eigenvalue weighted by atomic mass is 10.1. The lowest BCUT2D eigenvalue weighted by molar-refractivity contribution is -0.127. The zero-order chi connectivity index (χ0) is 24.4. The molecule has 0 saturated carbocycles. The number of nitrogens with one attached hydrogen (secondary N) is 1. The summed E-state index contributed by atoms with van der Waals surface area (Å²) in [5, 5.41) is 5.81. The van der Waals surface area contributed by atoms with Crippen LogP contribution >= 0.6 is 11.3 Å². The zero-order valence-electron chi connectivity index (χ0n) is 19.5. The van der Waals surface area contributed by atoms with E-state index < -0.39 is 6.10 Å². The number of ether oxygens (including phenoxy) is 1. The van der Waals surface area contributed by atoms with Crippen molar-refractivity contribution in [3.05, 3.63) is 83.7 Å². The van der Waals surface area contributed by atoms with Crippen molar-refractivity contribution in [2.24, 2.45) is 0 Å². The molecule has 35 heavy (non-hydrogen) atoms. The Hall–Kier alpha value is -3.97. The van der Waals surface area contributed by atoms with Gasteiger partial charge in [-0.1, -0.05) is 49.4 Å². The van der Waals surface area contributed by atoms with Crippen LogP contribution < -0.4 is 15.0 Å². The highest BCUT2D eigenvalue weighted by Gasteiger charge is 2.33. The van der Waals surface area contributed by atoms with E-state index in [0.717, 1.165) is 28.2 Å². The first-order chi connectivity index (χ1) is 17.0. The lowest BCUT2D eigenvalue weighted by Gasteiger charge is -2.32. The highest BCUT2D eigenvalue weighted by Crippen LogP contribution is 2.38. The van der Waals surface area contributed by atoms with E-state index in [2.05, 4.69) is 12.2 Å². The van der Waals surface area contributed by atoms with Crippen LogP contribution in [-0.4, -0.2) is 29.4 Å². The molecule has 0 saturated heterocycles. The maximum absolute atomic E-state index is 13.0. The molecule has 2 heterocycles. The van der Waals surface area contributed by atoms with E-state index in [0.29, 0.717) is 17.1 Å². The summed E-state index contributed by atoms with van der Waals surface area (Å²) >= 11 is 1.56. The van der Waals surface area contributed by atoms with E-state index in [1.165, 1.54) is 10.5 Å². The van der Waals surface area contributed by atoms with Gasteiger partial charge in [0.05, 0.1) is 11.4 Å². The summed E-state index contributed by atoms with van der Waals surface area (Å²) in [6, 6.07) is 23.4. The molecular formula is C28H25N3O3S. The van der Waals surface area contributed by atoms with E-state index in [-0.39, 0.29) is 18.4 Å². The molecule has 1 atom stereocenters. The number of amides is 2. The third-order valence-electron chi connectivity index (χ3n) is 5.94. The van der Waals surface area contributed by atoms with Crippen molar-refractivity contribution in [3.63, 3.8) is 0 Å². The Labute approximate surface area is 208 Å². The number of thiazole rings is 1. The number of carbonyl (C=O) groups excluding carboxylic acids is 2. The highest BCUT2D eigenvalue weighted by molar-refractivity contribution is 7.13. The van der Waals surface area contributed by atoms with E-state index in [1.807, 2.05) is 78.2 Å². The van der Waals surface area contributed by atoms with E-state index in [1.54, 1.807) is 18.3 Å². The van der Waals surface area contributed by atoms with Crippen molar-refractivity contribution in [2.75, 3.05) is 16.8 Å². The monoisotopic (exact) mass is 483 g/mol. The normalized spacial score (nSPS) is 14.9. The minimum Gasteiger partial charge on any atom is -0.479 e. The van der Waals surface area contributed by atoms with Crippen molar-refractivity contribution < 1.29 is 14.3 Å². The molecule has 1 N–H and O–H groups in total. The molecule has 0 aliphatic carbocycles. The van der Waals surface area contributed by atoms with Gasteiger partial charge in [-0.15, -0.1) is 11.3 Å². The molecule has 7 heteroatoms. The van der Waals surface area contributed by atoms with Gasteiger partial charge in [0.25, 0.3) is 5.91 Å². The summed E-state index contributed by atoms with van der Waals surface area (Å²) in [6.07, 6.45) is 0.258. The topological polar surface area (TPSA) is 71.5 Å². The predicted octanol–water partition coefficient (Wildman–Crippen LogP) is 5.79. The van der Waals surface area contributed by atoms with Crippen LogP contribution in [0.4, 0.5) is 11.4 Å². The van der Waals surface area contributed by atoms with Crippen molar-refractivity contribution in [1.29, 1.82) is 0 Å². The van der Waals surface area contributed by atoms with Crippen molar-refractivity contribution >= 4 is 34.5 Å². The zero-order valence-corrected chi connectivity index (χ0v) is 20.3. The number of aryl methyl sites for hydroxylation is 1. The molecule has 5 rings (SSSR count). The van der Waals surface area contributed by atoms with Gasteiger partial charge in [0.2, 0.25) is 5.91 Å². The number of anilines is 2. The van der Waals surface area contributed by atoms with E-state index >= 15 is 0 Å². The van der Waals surface area contributed by atoms with Crippen molar-refractivity contribution in [3.8, 4) is 27.6 Å². The maximum atomic E-state index is 13.0. The second-order valence-electron chi connectivity index (χ2n) is 8.37. The van der Waals surface area contributed by atoms with Crippen LogP contribution in [0.3, 0.4) is 0 Å². The molecule has 2 amide bonds. The maximum Gasteiger partial charge on any atom is 0.268 e. The smallest absolute Gasteiger partial charge is 0.268 e. The molecule has 0 fully saturated rings. The Morgan fingerprint density at radius 1 is 1.06 bits per heavy atom. The minimum atomic E-state index is -0.672. The molecule has 0 radical (unpaired) electrons. The molecule has 1 aliphatic rings. The average molecular weight is 484 g/mol. The van der Waals surface area contributed by atoms with Crippen LogP contribution in [0.25, 0.3) is 21.8 Å². The van der Waals surface area contributed by atoms with Gasteiger partial charge in [-0.25, -0.2) is 4.98 Å². The van der Waals surface area contributed by atoms with Gasteiger partial charge >= 0.3 is 0 Å². The molecule has 1 unspecified atom stereocenters. The van der Waals surface area contributed by atoms with Crippen molar-refractivity contribution in [2.45, 2.75) is 26.4 Å². The van der Waals surface area contributed by atoms with E-state index in [4.69, 9.17) is 9.72 Å². The molecule has 3 aromatic carbocycles. The molecule has 4 aromatic rings. The van der Waals surface area contributed by atoms with E-state index in [9.17, 15) is 9.59 Å². The largest absolute Gasteiger partial charge is 0.479 e. The number of fused-ring (bicyclic) bond motifs is 1. The van der Waals surface area contributed by atoms with Gasteiger partial charge in [0, 0.05) is 22.2 Å². The minimum absolute atomic E-state index is 0.106. The molecule has 176 valence electrons. The Bertz CT molecular complexity index is 1370. The second kappa shape index (κ2) is 9.72. The van der Waals surface area contributed by atoms with Gasteiger partial charge in [0.1, 0.15) is 17.3 Å². The van der Waals surface area contributed by atoms with Gasteiger partial charge in [-0.3, -0.25) is 14.5 Å². The number of aromatic nitrogens is 1. The molecule has 1 aromatic heterocycles. The Balaban J connectivity index is 1.40. The van der Waals surface area contributed by atoms with Crippen LogP contribution in [0.5, 0.6) is 5.75 Å². The number of benzene rings is 3. The van der Waals surface area contributed by atoms with Gasteiger partial charge in [0.15, 0.2) is 6.10 Å². The number of rotatable bonds is 6. The number of hydrogen-bond acceptors (Lipinski definition) is 5. The fourth-order valence-corrected chi connectivity index (χ4v) is 4.85. The summed E-state index contributed by atoms with van der Waals surface area (Å²) in [4.78, 5) is 32.1. The van der Waals surface area contributed by atoms with Crippen LogP contribution in [0.15, 0.2) is 78.2 Å². The summed E-state index contributed by atoms with van der Waals surface area (Å²) in [5.74, 6) is 0.0434. The summed E-state index contributed by atoms with van der Waals surface area (Å²) < 4.78 is 5.82. The third-order valence-corrected chi connectivity index (χ3v) is 6.83. The molecule has 6 nitrogen and oxygen atoms in total. The first-order valence-corrected chi connectivity index (χ1v) is 12.4. The first-order valence-electron chi connectivity index (χ1n) is 11.5. The Morgan fingerprint density at radius 2 is 1.83 bits per heavy atom. The highest BCUT2D eigenvalue weighted by atomic mass is 32.1. The third kappa shape index (κ3) is 4.81. The SMILES string of the molecule is CCc1ccc(NC(=O)CN2C(=O)C(C)Oc3ccc(-c4csc(-c5ccccc5)n4)cc32)cc1. The van der Waals surface area contributed by atoms with Gasteiger partial charge in [-0.05, 0) is 49.2 Å². The van der Waals surface area contributed by atoms with Crippen molar-refractivity contribution in [1.82, 2.24) is 4.98 Å². The van der Waals surface area contributed by atoms with Gasteiger partial charge in [-0.2, -0.15) is 0 Å². The van der Waals surface area contributed by atoms with Crippen LogP contribution in [-0.2, 0) is 16.0 Å². The molecular weight excluding hydrogens is 458 g/mol. The Morgan fingerprint density at radius 3 is 2.57 bits per heavy atom. The number of carbonyl (C=O) groups is 2. The molecule has 1 aliphatic heterocycles. The van der Waals surface area contributed by atoms with Crippen LogP contribution in [0.1, 0.15) is 19.4 Å². The number of hydrogen-bond donors (Lipinski definition) is 1. The second-order valence-corrected chi connectivity index (χ2v) is 9.23. The molecule has 0 bridgehead atoms. The Kier molecular flexibility index (Phi) is 6.33. The summed E-state index contributed by atoms with van der Waals surface area (Å²) in [5.41, 5.74) is 5.18. The summed E-state index contributed by atoms with van der Waals surface area (Å²) in [7, 11) is 0. The van der Waals surface area contributed by atoms with Gasteiger partial charge < -0.3 is 10.1 Å². The standard InChI is InChI=1S/C28H25N3O3S/c1-3-19-9-12-22(13-10-19)29-26(32)16-31-24-15-21(11-14-25(24)34-18(2)28(31)33)23-17-35-27(30-23)20-7-5-4-6-8-20/h4-15,17-18H,3,16H2,1-2H3,(H,29,32). The van der Waals surface area contributed by atoms with Crippen LogP contribution in [0.2, 0.25) is 0 Å². The fourth-order valence-electron chi connectivity index (χ4n) is 4.02. The number of nitrogens with zero attached hydrogens (tertiary/aromatic N) is 2.